The zero-order valence-electron chi connectivity index (χ0n) is 28.1. The second-order valence-corrected chi connectivity index (χ2v) is 13.0. The van der Waals surface area contributed by atoms with E-state index in [9.17, 15) is 9.59 Å². The highest BCUT2D eigenvalue weighted by atomic mass is 16.2. The largest absolute Gasteiger partial charge is 0.369 e. The first-order chi connectivity index (χ1) is 20.4. The van der Waals surface area contributed by atoms with Crippen LogP contribution in [0.5, 0.6) is 0 Å². The van der Waals surface area contributed by atoms with Crippen LogP contribution in [0.3, 0.4) is 0 Å². The molecule has 0 saturated carbocycles. The summed E-state index contributed by atoms with van der Waals surface area (Å²) in [5, 5.41) is 0. The van der Waals surface area contributed by atoms with Gasteiger partial charge in [0.25, 0.3) is 0 Å². The lowest BCUT2D eigenvalue weighted by atomic mass is 9.92. The number of rotatable bonds is 16. The molecule has 3 rings (SSSR count). The van der Waals surface area contributed by atoms with Gasteiger partial charge in [-0.25, -0.2) is 0 Å². The van der Waals surface area contributed by atoms with Gasteiger partial charge in [0.2, 0.25) is 11.8 Å². The number of piperidine rings is 2. The first-order valence-corrected chi connectivity index (χ1v) is 17.5. The van der Waals surface area contributed by atoms with Crippen LogP contribution in [0.25, 0.3) is 0 Å². The number of aryl methyl sites for hydroxylation is 2. The van der Waals surface area contributed by atoms with Crippen molar-refractivity contribution in [2.24, 2.45) is 11.8 Å². The monoisotopic (exact) mass is 582 g/mol. The Balaban J connectivity index is 1.83. The van der Waals surface area contributed by atoms with Crippen LogP contribution in [0.1, 0.15) is 116 Å². The van der Waals surface area contributed by atoms with Crippen LogP contribution in [0, 0.1) is 25.7 Å². The van der Waals surface area contributed by atoms with E-state index in [1.54, 1.807) is 0 Å². The number of carbonyl (C=O) groups is 2. The summed E-state index contributed by atoms with van der Waals surface area (Å²) in [4.78, 5) is 37.0. The Morgan fingerprint density at radius 1 is 0.643 bits per heavy atom. The van der Waals surface area contributed by atoms with E-state index in [4.69, 9.17) is 0 Å². The fraction of sp³-hybridized carbons (Fsp3) is 0.778. The summed E-state index contributed by atoms with van der Waals surface area (Å²) >= 11 is 0. The van der Waals surface area contributed by atoms with Crippen molar-refractivity contribution >= 4 is 23.2 Å². The maximum Gasteiger partial charge on any atom is 0.227 e. The van der Waals surface area contributed by atoms with Gasteiger partial charge < -0.3 is 19.6 Å². The summed E-state index contributed by atoms with van der Waals surface area (Å²) in [5.41, 5.74) is 5.14. The molecule has 0 aliphatic carbocycles. The van der Waals surface area contributed by atoms with Gasteiger partial charge in [0.15, 0.2) is 0 Å². The summed E-state index contributed by atoms with van der Waals surface area (Å²) in [7, 11) is 0. The van der Waals surface area contributed by atoms with Gasteiger partial charge in [-0.1, -0.05) is 65.5 Å². The molecule has 2 aliphatic heterocycles. The minimum absolute atomic E-state index is 0.0570. The van der Waals surface area contributed by atoms with Crippen LogP contribution >= 0.6 is 0 Å². The standard InChI is InChI=1S/C36H62N4O2/c1-7-11-21-37(22-12-8-2)35(41)31-17-15-25-39(27-31)33-29(5)19-20-30(6)34(33)40-26-16-18-32(28-40)36(42)38(23-13-9-3)24-14-10-4/h19-20,31-32H,7-18,21-28H2,1-6H3. The molecule has 6 nitrogen and oxygen atoms in total. The predicted molar refractivity (Wildman–Crippen MR) is 179 cm³/mol. The Bertz CT molecular complexity index is 886. The molecule has 0 spiro atoms. The van der Waals surface area contributed by atoms with E-state index in [1.807, 2.05) is 0 Å². The van der Waals surface area contributed by atoms with Gasteiger partial charge in [-0.15, -0.1) is 0 Å². The minimum Gasteiger partial charge on any atom is -0.369 e. The molecule has 238 valence electrons. The molecule has 2 unspecified atom stereocenters. The molecular formula is C36H62N4O2. The van der Waals surface area contributed by atoms with Crippen molar-refractivity contribution in [1.29, 1.82) is 0 Å². The summed E-state index contributed by atoms with van der Waals surface area (Å²) in [6, 6.07) is 4.50. The molecule has 6 heteroatoms. The molecule has 2 saturated heterocycles. The Morgan fingerprint density at radius 2 is 0.976 bits per heavy atom. The lowest BCUT2D eigenvalue weighted by molar-refractivity contribution is -0.136. The molecule has 2 atom stereocenters. The van der Waals surface area contributed by atoms with E-state index < -0.39 is 0 Å². The number of nitrogens with zero attached hydrogens (tertiary/aromatic N) is 4. The topological polar surface area (TPSA) is 47.1 Å². The molecule has 1 aromatic carbocycles. The smallest absolute Gasteiger partial charge is 0.227 e. The quantitative estimate of drug-likeness (QED) is 0.201. The Hall–Kier alpha value is -2.24. The number of hydrogen-bond acceptors (Lipinski definition) is 4. The van der Waals surface area contributed by atoms with Crippen LogP contribution in [0.15, 0.2) is 12.1 Å². The number of anilines is 2. The van der Waals surface area contributed by atoms with Gasteiger partial charge in [0.05, 0.1) is 23.2 Å². The van der Waals surface area contributed by atoms with E-state index in [0.29, 0.717) is 11.8 Å². The molecule has 42 heavy (non-hydrogen) atoms. The SMILES string of the molecule is CCCCN(CCCC)C(=O)C1CCCN(c2c(C)ccc(C)c2N2CCCC(C(=O)N(CCCC)CCCC)C2)C1. The molecule has 1 aromatic rings. The van der Waals surface area contributed by atoms with E-state index in [2.05, 4.69) is 73.3 Å². The predicted octanol–water partition coefficient (Wildman–Crippen LogP) is 7.59. The molecule has 0 aromatic heterocycles. The third-order valence-corrected chi connectivity index (χ3v) is 9.48. The van der Waals surface area contributed by atoms with Gasteiger partial charge in [-0.3, -0.25) is 9.59 Å². The molecule has 2 heterocycles. The molecule has 0 N–H and O–H groups in total. The highest BCUT2D eigenvalue weighted by Crippen LogP contribution is 2.40. The normalized spacial score (nSPS) is 19.2. The number of hydrogen-bond donors (Lipinski definition) is 0. The van der Waals surface area contributed by atoms with E-state index >= 15 is 0 Å². The van der Waals surface area contributed by atoms with E-state index in [1.165, 1.54) is 22.5 Å². The molecule has 2 aliphatic rings. The zero-order valence-corrected chi connectivity index (χ0v) is 28.1. The van der Waals surface area contributed by atoms with Gasteiger partial charge in [0.1, 0.15) is 0 Å². The zero-order chi connectivity index (χ0) is 30.5. The summed E-state index contributed by atoms with van der Waals surface area (Å²) in [5.74, 6) is 0.830. The van der Waals surface area contributed by atoms with Crippen molar-refractivity contribution in [3.8, 4) is 0 Å². The molecule has 0 radical (unpaired) electrons. The first kappa shape index (κ1) is 34.3. The average molecular weight is 583 g/mol. The maximum absolute atomic E-state index is 13.8. The number of unbranched alkanes of at least 4 members (excludes halogenated alkanes) is 4. The number of carbonyl (C=O) groups excluding carboxylic acids is 2. The second kappa shape index (κ2) is 17.8. The van der Waals surface area contributed by atoms with Gasteiger partial charge in [-0.2, -0.15) is 0 Å². The van der Waals surface area contributed by atoms with Crippen LogP contribution in [-0.4, -0.2) is 74.0 Å². The minimum atomic E-state index is 0.0570. The van der Waals surface area contributed by atoms with Crippen molar-refractivity contribution in [3.05, 3.63) is 23.3 Å². The van der Waals surface area contributed by atoms with Crippen LogP contribution in [0.4, 0.5) is 11.4 Å². The van der Waals surface area contributed by atoms with Gasteiger partial charge in [0, 0.05) is 52.4 Å². The van der Waals surface area contributed by atoms with Crippen molar-refractivity contribution < 1.29 is 9.59 Å². The fourth-order valence-corrected chi connectivity index (χ4v) is 6.92. The summed E-state index contributed by atoms with van der Waals surface area (Å²) < 4.78 is 0. The van der Waals surface area contributed by atoms with Crippen molar-refractivity contribution in [2.75, 3.05) is 62.2 Å². The summed E-state index contributed by atoms with van der Waals surface area (Å²) in [6.07, 6.45) is 12.8. The first-order valence-electron chi connectivity index (χ1n) is 17.5. The lowest BCUT2D eigenvalue weighted by Gasteiger charge is -2.42. The molecule has 2 fully saturated rings. The van der Waals surface area contributed by atoms with Crippen molar-refractivity contribution in [1.82, 2.24) is 9.80 Å². The summed E-state index contributed by atoms with van der Waals surface area (Å²) in [6.45, 7) is 20.4. The second-order valence-electron chi connectivity index (χ2n) is 13.0. The number of benzene rings is 1. The van der Waals surface area contributed by atoms with Crippen LogP contribution in [-0.2, 0) is 9.59 Å². The van der Waals surface area contributed by atoms with Crippen molar-refractivity contribution in [2.45, 2.75) is 119 Å². The number of amides is 2. The average Bonchev–Trinajstić information content (AvgIpc) is 3.01. The highest BCUT2D eigenvalue weighted by molar-refractivity contribution is 5.84. The van der Waals surface area contributed by atoms with Gasteiger partial charge in [-0.05, 0) is 76.3 Å². The third kappa shape index (κ3) is 9.13. The van der Waals surface area contributed by atoms with Crippen LogP contribution in [0.2, 0.25) is 0 Å². The highest BCUT2D eigenvalue weighted by Gasteiger charge is 2.34. The van der Waals surface area contributed by atoms with E-state index in [0.717, 1.165) is 129 Å². The molecule has 0 bridgehead atoms. The molecular weight excluding hydrogens is 520 g/mol. The van der Waals surface area contributed by atoms with Crippen molar-refractivity contribution in [3.63, 3.8) is 0 Å². The van der Waals surface area contributed by atoms with Gasteiger partial charge >= 0.3 is 0 Å². The van der Waals surface area contributed by atoms with Crippen LogP contribution < -0.4 is 9.80 Å². The fourth-order valence-electron chi connectivity index (χ4n) is 6.92. The third-order valence-electron chi connectivity index (χ3n) is 9.48. The Morgan fingerprint density at radius 3 is 1.29 bits per heavy atom. The van der Waals surface area contributed by atoms with E-state index in [-0.39, 0.29) is 11.8 Å². The Kier molecular flexibility index (Phi) is 14.5. The Labute approximate surface area is 258 Å². The molecule has 2 amide bonds. The lowest BCUT2D eigenvalue weighted by Crippen LogP contribution is -2.47. The maximum atomic E-state index is 13.8.